The molecule has 1 N–H and O–H groups in total. The normalized spacial score (nSPS) is 12.5. The molecule has 1 aromatic heterocycles. The van der Waals surface area contributed by atoms with Gasteiger partial charge in [-0.3, -0.25) is 0 Å². The van der Waals surface area contributed by atoms with E-state index in [1.807, 2.05) is 41.8 Å². The lowest BCUT2D eigenvalue weighted by Gasteiger charge is -2.15. The molecule has 3 heteroatoms. The summed E-state index contributed by atoms with van der Waals surface area (Å²) in [7, 11) is 0. The van der Waals surface area contributed by atoms with Gasteiger partial charge in [-0.15, -0.1) is 11.3 Å². The molecular formula is C17H16O2S. The standard InChI is InChI=1S/C17H16O2S/c1-12(18)15-9-8-13-5-2-3-7-16(13)17(15)19-11-14-6-4-10-20-14/h2-10,12,18H,11H2,1H3/t12-/m1/s1. The average Bonchev–Trinajstić information content (AvgIpc) is 2.97. The van der Waals surface area contributed by atoms with Crippen molar-refractivity contribution in [1.29, 1.82) is 0 Å². The van der Waals surface area contributed by atoms with E-state index in [4.69, 9.17) is 4.74 Å². The van der Waals surface area contributed by atoms with Gasteiger partial charge in [-0.05, 0) is 23.8 Å². The molecule has 0 aliphatic rings. The van der Waals surface area contributed by atoms with Crippen LogP contribution in [0.1, 0.15) is 23.5 Å². The van der Waals surface area contributed by atoms with Crippen molar-refractivity contribution < 1.29 is 9.84 Å². The highest BCUT2D eigenvalue weighted by Gasteiger charge is 2.13. The van der Waals surface area contributed by atoms with Crippen LogP contribution in [0.4, 0.5) is 0 Å². The third kappa shape index (κ3) is 2.55. The monoisotopic (exact) mass is 284 g/mol. The number of hydrogen-bond acceptors (Lipinski definition) is 3. The molecule has 102 valence electrons. The highest BCUT2D eigenvalue weighted by Crippen LogP contribution is 2.34. The van der Waals surface area contributed by atoms with Gasteiger partial charge >= 0.3 is 0 Å². The van der Waals surface area contributed by atoms with Crippen LogP contribution in [-0.4, -0.2) is 5.11 Å². The number of thiophene rings is 1. The van der Waals surface area contributed by atoms with Gasteiger partial charge in [-0.2, -0.15) is 0 Å². The molecule has 20 heavy (non-hydrogen) atoms. The van der Waals surface area contributed by atoms with Gasteiger partial charge < -0.3 is 9.84 Å². The summed E-state index contributed by atoms with van der Waals surface area (Å²) < 4.78 is 6.01. The summed E-state index contributed by atoms with van der Waals surface area (Å²) in [4.78, 5) is 1.18. The summed E-state index contributed by atoms with van der Waals surface area (Å²) in [5.74, 6) is 0.784. The van der Waals surface area contributed by atoms with E-state index in [0.717, 1.165) is 22.1 Å². The Balaban J connectivity index is 2.03. The van der Waals surface area contributed by atoms with Gasteiger partial charge in [0.1, 0.15) is 12.4 Å². The Bertz CT molecular complexity index is 702. The largest absolute Gasteiger partial charge is 0.487 e. The number of benzene rings is 2. The number of aliphatic hydroxyl groups excluding tert-OH is 1. The van der Waals surface area contributed by atoms with Crippen molar-refractivity contribution in [2.24, 2.45) is 0 Å². The van der Waals surface area contributed by atoms with Crippen LogP contribution in [0.3, 0.4) is 0 Å². The quantitative estimate of drug-likeness (QED) is 0.762. The Morgan fingerprint density at radius 1 is 1.10 bits per heavy atom. The molecule has 1 heterocycles. The van der Waals surface area contributed by atoms with Crippen LogP contribution in [0, 0.1) is 0 Å². The molecule has 1 atom stereocenters. The van der Waals surface area contributed by atoms with E-state index in [2.05, 4.69) is 12.1 Å². The molecule has 0 saturated carbocycles. The van der Waals surface area contributed by atoms with Gasteiger partial charge in [0.25, 0.3) is 0 Å². The number of ether oxygens (including phenoxy) is 1. The molecule has 2 aromatic carbocycles. The maximum absolute atomic E-state index is 9.94. The molecule has 3 rings (SSSR count). The van der Waals surface area contributed by atoms with Gasteiger partial charge in [0, 0.05) is 15.8 Å². The Morgan fingerprint density at radius 3 is 2.70 bits per heavy atom. The molecule has 3 aromatic rings. The van der Waals surface area contributed by atoms with Crippen molar-refractivity contribution in [2.75, 3.05) is 0 Å². The zero-order chi connectivity index (χ0) is 13.9. The van der Waals surface area contributed by atoms with Gasteiger partial charge in [0.15, 0.2) is 0 Å². The smallest absolute Gasteiger partial charge is 0.133 e. The number of aliphatic hydroxyl groups is 1. The van der Waals surface area contributed by atoms with Crippen LogP contribution in [0.15, 0.2) is 53.9 Å². The van der Waals surface area contributed by atoms with Gasteiger partial charge in [-0.25, -0.2) is 0 Å². The minimum absolute atomic E-state index is 0.533. The molecule has 2 nitrogen and oxygen atoms in total. The minimum Gasteiger partial charge on any atom is -0.487 e. The molecule has 0 radical (unpaired) electrons. The fourth-order valence-corrected chi connectivity index (χ4v) is 2.90. The van der Waals surface area contributed by atoms with Gasteiger partial charge in [-0.1, -0.05) is 42.5 Å². The lowest BCUT2D eigenvalue weighted by molar-refractivity contribution is 0.191. The number of fused-ring (bicyclic) bond motifs is 1. The maximum atomic E-state index is 9.94. The Labute approximate surface area is 122 Å². The summed E-state index contributed by atoms with van der Waals surface area (Å²) >= 11 is 1.67. The SMILES string of the molecule is C[C@@H](O)c1ccc2ccccc2c1OCc1cccs1. The number of rotatable bonds is 4. The highest BCUT2D eigenvalue weighted by molar-refractivity contribution is 7.09. The Morgan fingerprint density at radius 2 is 1.95 bits per heavy atom. The van der Waals surface area contributed by atoms with Crippen molar-refractivity contribution in [3.05, 3.63) is 64.4 Å². The van der Waals surface area contributed by atoms with Crippen LogP contribution < -0.4 is 4.74 Å². The first kappa shape index (κ1) is 13.2. The molecule has 0 amide bonds. The van der Waals surface area contributed by atoms with E-state index in [1.165, 1.54) is 4.88 Å². The first-order valence-corrected chi connectivity index (χ1v) is 7.48. The van der Waals surface area contributed by atoms with E-state index in [-0.39, 0.29) is 0 Å². The molecule has 0 saturated heterocycles. The summed E-state index contributed by atoms with van der Waals surface area (Å²) in [6.07, 6.45) is -0.544. The molecule has 0 aliphatic heterocycles. The summed E-state index contributed by atoms with van der Waals surface area (Å²) in [6, 6.07) is 16.1. The van der Waals surface area contributed by atoms with E-state index in [9.17, 15) is 5.11 Å². The van der Waals surface area contributed by atoms with Crippen molar-refractivity contribution in [3.63, 3.8) is 0 Å². The van der Waals surface area contributed by atoms with Crippen LogP contribution in [0.2, 0.25) is 0 Å². The summed E-state index contributed by atoms with van der Waals surface area (Å²) in [6.45, 7) is 2.30. The van der Waals surface area contributed by atoms with Gasteiger partial charge in [0.05, 0.1) is 6.10 Å². The zero-order valence-electron chi connectivity index (χ0n) is 11.2. The molecular weight excluding hydrogens is 268 g/mol. The lowest BCUT2D eigenvalue weighted by Crippen LogP contribution is -2.01. The van der Waals surface area contributed by atoms with Gasteiger partial charge in [0.2, 0.25) is 0 Å². The Hall–Kier alpha value is -1.84. The van der Waals surface area contributed by atoms with Crippen LogP contribution in [0.25, 0.3) is 10.8 Å². The fraction of sp³-hybridized carbons (Fsp3) is 0.176. The first-order chi connectivity index (χ1) is 9.75. The van der Waals surface area contributed by atoms with E-state index < -0.39 is 6.10 Å². The zero-order valence-corrected chi connectivity index (χ0v) is 12.1. The Kier molecular flexibility index (Phi) is 3.72. The highest BCUT2D eigenvalue weighted by atomic mass is 32.1. The number of hydrogen-bond donors (Lipinski definition) is 1. The average molecular weight is 284 g/mol. The van der Waals surface area contributed by atoms with E-state index >= 15 is 0 Å². The van der Waals surface area contributed by atoms with Crippen molar-refractivity contribution in [2.45, 2.75) is 19.6 Å². The summed E-state index contributed by atoms with van der Waals surface area (Å²) in [5.41, 5.74) is 0.834. The predicted molar refractivity (Wildman–Crippen MR) is 83.2 cm³/mol. The lowest BCUT2D eigenvalue weighted by atomic mass is 10.0. The van der Waals surface area contributed by atoms with Crippen molar-refractivity contribution >= 4 is 22.1 Å². The fourth-order valence-electron chi connectivity index (χ4n) is 2.29. The topological polar surface area (TPSA) is 29.5 Å². The van der Waals surface area contributed by atoms with Crippen molar-refractivity contribution in [1.82, 2.24) is 0 Å². The van der Waals surface area contributed by atoms with E-state index in [0.29, 0.717) is 6.61 Å². The van der Waals surface area contributed by atoms with Crippen LogP contribution in [-0.2, 0) is 6.61 Å². The third-order valence-corrected chi connectivity index (χ3v) is 4.15. The second kappa shape index (κ2) is 5.65. The molecule has 0 unspecified atom stereocenters. The van der Waals surface area contributed by atoms with Crippen LogP contribution >= 0.6 is 11.3 Å². The third-order valence-electron chi connectivity index (χ3n) is 3.30. The van der Waals surface area contributed by atoms with E-state index in [1.54, 1.807) is 18.3 Å². The van der Waals surface area contributed by atoms with Crippen LogP contribution in [0.5, 0.6) is 5.75 Å². The first-order valence-electron chi connectivity index (χ1n) is 6.60. The second-order valence-electron chi connectivity index (χ2n) is 4.75. The molecule has 0 aliphatic carbocycles. The second-order valence-corrected chi connectivity index (χ2v) is 5.78. The predicted octanol–water partition coefficient (Wildman–Crippen LogP) is 4.53. The molecule has 0 fully saturated rings. The summed E-state index contributed by atoms with van der Waals surface area (Å²) in [5, 5.41) is 14.2. The van der Waals surface area contributed by atoms with Crippen molar-refractivity contribution in [3.8, 4) is 5.75 Å². The molecule has 0 bridgehead atoms. The maximum Gasteiger partial charge on any atom is 0.133 e. The molecule has 0 spiro atoms. The minimum atomic E-state index is -0.544.